The Balaban J connectivity index is 2.87. The van der Waals surface area contributed by atoms with Crippen molar-refractivity contribution in [1.82, 2.24) is 5.43 Å². The van der Waals surface area contributed by atoms with E-state index in [1.54, 1.807) is 0 Å². The second-order valence-corrected chi connectivity index (χ2v) is 3.82. The summed E-state index contributed by atoms with van der Waals surface area (Å²) in [6, 6.07) is 6.53. The van der Waals surface area contributed by atoms with Crippen LogP contribution in [-0.4, -0.2) is 0 Å². The molecule has 2 heteroatoms. The second kappa shape index (κ2) is 5.55. The van der Waals surface area contributed by atoms with Gasteiger partial charge in [-0.25, -0.2) is 0 Å². The average Bonchev–Trinajstić information content (AvgIpc) is 2.21. The monoisotopic (exact) mass is 202 g/mol. The number of terminal acetylenes is 1. The summed E-state index contributed by atoms with van der Waals surface area (Å²) in [6.07, 6.45) is 6.86. The summed E-state index contributed by atoms with van der Waals surface area (Å²) >= 11 is 0. The van der Waals surface area contributed by atoms with Crippen molar-refractivity contribution >= 4 is 0 Å². The fourth-order valence-corrected chi connectivity index (χ4v) is 1.77. The number of aryl methyl sites for hydroxylation is 2. The van der Waals surface area contributed by atoms with Crippen molar-refractivity contribution in [2.24, 2.45) is 5.84 Å². The Hall–Kier alpha value is -1.30. The minimum absolute atomic E-state index is 0.154. The third kappa shape index (κ3) is 3.09. The van der Waals surface area contributed by atoms with Gasteiger partial charge in [0.15, 0.2) is 0 Å². The summed E-state index contributed by atoms with van der Waals surface area (Å²) < 4.78 is 0. The summed E-state index contributed by atoms with van der Waals surface area (Å²) in [7, 11) is 0. The lowest BCUT2D eigenvalue weighted by Gasteiger charge is -2.17. The van der Waals surface area contributed by atoms with E-state index in [4.69, 9.17) is 12.3 Å². The van der Waals surface area contributed by atoms with Crippen LogP contribution in [0.2, 0.25) is 0 Å². The molecule has 1 aromatic carbocycles. The van der Waals surface area contributed by atoms with Crippen LogP contribution in [-0.2, 0) is 0 Å². The normalized spacial score (nSPS) is 12.1. The number of nitrogens with two attached hydrogens (primary N) is 1. The molecule has 0 fully saturated rings. The number of nitrogens with one attached hydrogen (secondary N) is 1. The van der Waals surface area contributed by atoms with Gasteiger partial charge in [0.1, 0.15) is 0 Å². The van der Waals surface area contributed by atoms with Gasteiger partial charge in [0.2, 0.25) is 0 Å². The Morgan fingerprint density at radius 3 is 2.73 bits per heavy atom. The summed E-state index contributed by atoms with van der Waals surface area (Å²) in [5, 5.41) is 0. The number of benzene rings is 1. The summed E-state index contributed by atoms with van der Waals surface area (Å²) in [5.41, 5.74) is 6.58. The first-order valence-corrected chi connectivity index (χ1v) is 5.15. The number of hydrazine groups is 1. The van der Waals surface area contributed by atoms with Crippen LogP contribution in [0.4, 0.5) is 0 Å². The molecule has 0 saturated carbocycles. The first kappa shape index (κ1) is 11.8. The highest BCUT2D eigenvalue weighted by Gasteiger charge is 2.10. The minimum Gasteiger partial charge on any atom is -0.271 e. The van der Waals surface area contributed by atoms with Gasteiger partial charge in [-0.2, -0.15) is 0 Å². The van der Waals surface area contributed by atoms with Gasteiger partial charge in [-0.15, -0.1) is 12.3 Å². The lowest BCUT2D eigenvalue weighted by Crippen LogP contribution is -2.28. The number of hydrogen-bond acceptors (Lipinski definition) is 2. The zero-order chi connectivity index (χ0) is 11.3. The Morgan fingerprint density at radius 2 is 2.20 bits per heavy atom. The van der Waals surface area contributed by atoms with E-state index >= 15 is 0 Å². The molecule has 0 aliphatic heterocycles. The molecular weight excluding hydrogens is 184 g/mol. The van der Waals surface area contributed by atoms with Gasteiger partial charge >= 0.3 is 0 Å². The van der Waals surface area contributed by atoms with Gasteiger partial charge in [0, 0.05) is 12.5 Å². The standard InChI is InChI=1S/C13H18N2/c1-4-5-6-13(15-14)12-8-7-10(2)9-11(12)3/h1,7-9,13,15H,5-6,14H2,2-3H3. The predicted octanol–water partition coefficient (Wildman–Crippen LogP) is 2.22. The van der Waals surface area contributed by atoms with Crippen molar-refractivity contribution in [2.45, 2.75) is 32.7 Å². The molecule has 1 aromatic rings. The summed E-state index contributed by atoms with van der Waals surface area (Å²) in [6.45, 7) is 4.19. The van der Waals surface area contributed by atoms with Crippen LogP contribution in [0.15, 0.2) is 18.2 Å². The van der Waals surface area contributed by atoms with E-state index in [9.17, 15) is 0 Å². The highest BCUT2D eigenvalue weighted by molar-refractivity contribution is 5.32. The van der Waals surface area contributed by atoms with E-state index in [0.29, 0.717) is 0 Å². The Bertz CT molecular complexity index is 363. The molecule has 0 aliphatic rings. The van der Waals surface area contributed by atoms with Crippen LogP contribution in [0.3, 0.4) is 0 Å². The Kier molecular flexibility index (Phi) is 4.36. The number of rotatable bonds is 4. The van der Waals surface area contributed by atoms with Crippen LogP contribution < -0.4 is 11.3 Å². The fourth-order valence-electron chi connectivity index (χ4n) is 1.77. The fraction of sp³-hybridized carbons (Fsp3) is 0.385. The van der Waals surface area contributed by atoms with Crippen molar-refractivity contribution in [2.75, 3.05) is 0 Å². The molecule has 0 radical (unpaired) electrons. The van der Waals surface area contributed by atoms with E-state index in [1.807, 2.05) is 0 Å². The molecule has 1 atom stereocenters. The molecule has 80 valence electrons. The van der Waals surface area contributed by atoms with E-state index in [0.717, 1.165) is 12.8 Å². The molecule has 0 aromatic heterocycles. The highest BCUT2D eigenvalue weighted by Crippen LogP contribution is 2.21. The highest BCUT2D eigenvalue weighted by atomic mass is 15.2. The number of hydrogen-bond donors (Lipinski definition) is 2. The quantitative estimate of drug-likeness (QED) is 0.446. The maximum absolute atomic E-state index is 5.53. The van der Waals surface area contributed by atoms with Gasteiger partial charge < -0.3 is 0 Å². The van der Waals surface area contributed by atoms with Crippen LogP contribution in [0.5, 0.6) is 0 Å². The molecule has 15 heavy (non-hydrogen) atoms. The lowest BCUT2D eigenvalue weighted by molar-refractivity contribution is 0.521. The van der Waals surface area contributed by atoms with Gasteiger partial charge in [0.05, 0.1) is 0 Å². The van der Waals surface area contributed by atoms with Gasteiger partial charge in [0.25, 0.3) is 0 Å². The average molecular weight is 202 g/mol. The van der Waals surface area contributed by atoms with E-state index in [1.165, 1.54) is 16.7 Å². The smallest absolute Gasteiger partial charge is 0.0471 e. The van der Waals surface area contributed by atoms with E-state index in [2.05, 4.69) is 43.4 Å². The Morgan fingerprint density at radius 1 is 1.47 bits per heavy atom. The molecular formula is C13H18N2. The molecule has 3 N–H and O–H groups in total. The second-order valence-electron chi connectivity index (χ2n) is 3.82. The maximum atomic E-state index is 5.53. The third-order valence-electron chi connectivity index (χ3n) is 2.58. The first-order chi connectivity index (χ1) is 7.19. The SMILES string of the molecule is C#CCCC(NN)c1ccc(C)cc1C. The molecule has 0 saturated heterocycles. The first-order valence-electron chi connectivity index (χ1n) is 5.15. The molecule has 1 unspecified atom stereocenters. The molecule has 2 nitrogen and oxygen atoms in total. The maximum Gasteiger partial charge on any atom is 0.0471 e. The molecule has 0 amide bonds. The van der Waals surface area contributed by atoms with Crippen LogP contribution in [0, 0.1) is 26.2 Å². The molecule has 0 bridgehead atoms. The lowest BCUT2D eigenvalue weighted by atomic mass is 9.96. The van der Waals surface area contributed by atoms with Crippen molar-refractivity contribution in [3.63, 3.8) is 0 Å². The van der Waals surface area contributed by atoms with Crippen molar-refractivity contribution < 1.29 is 0 Å². The van der Waals surface area contributed by atoms with Crippen LogP contribution in [0.1, 0.15) is 35.6 Å². The summed E-state index contributed by atoms with van der Waals surface area (Å²) in [5.74, 6) is 8.17. The van der Waals surface area contributed by atoms with Crippen molar-refractivity contribution in [1.29, 1.82) is 0 Å². The molecule has 0 heterocycles. The topological polar surface area (TPSA) is 38.0 Å². The molecule has 1 rings (SSSR count). The molecule has 0 aliphatic carbocycles. The van der Waals surface area contributed by atoms with Crippen LogP contribution >= 0.6 is 0 Å². The largest absolute Gasteiger partial charge is 0.271 e. The van der Waals surface area contributed by atoms with E-state index in [-0.39, 0.29) is 6.04 Å². The predicted molar refractivity (Wildman–Crippen MR) is 64.0 cm³/mol. The third-order valence-corrected chi connectivity index (χ3v) is 2.58. The molecule has 0 spiro atoms. The van der Waals surface area contributed by atoms with Crippen LogP contribution in [0.25, 0.3) is 0 Å². The summed E-state index contributed by atoms with van der Waals surface area (Å²) in [4.78, 5) is 0. The van der Waals surface area contributed by atoms with Gasteiger partial charge in [-0.3, -0.25) is 11.3 Å². The van der Waals surface area contributed by atoms with Crippen molar-refractivity contribution in [3.05, 3.63) is 34.9 Å². The van der Waals surface area contributed by atoms with E-state index < -0.39 is 0 Å². The zero-order valence-corrected chi connectivity index (χ0v) is 9.38. The van der Waals surface area contributed by atoms with Gasteiger partial charge in [-0.1, -0.05) is 23.8 Å². The van der Waals surface area contributed by atoms with Crippen molar-refractivity contribution in [3.8, 4) is 12.3 Å². The minimum atomic E-state index is 0.154. The van der Waals surface area contributed by atoms with Gasteiger partial charge in [-0.05, 0) is 31.4 Å². The Labute approximate surface area is 91.8 Å². The zero-order valence-electron chi connectivity index (χ0n) is 9.38.